The minimum absolute atomic E-state index is 0.0692. The van der Waals surface area contributed by atoms with Gasteiger partial charge in [0.05, 0.1) is 0 Å². The predicted molar refractivity (Wildman–Crippen MR) is 155 cm³/mol. The van der Waals surface area contributed by atoms with Gasteiger partial charge in [-0.05, 0) is 110 Å². The molecule has 0 unspecified atom stereocenters. The van der Waals surface area contributed by atoms with Gasteiger partial charge in [-0.25, -0.2) is 4.79 Å². The Morgan fingerprint density at radius 3 is 2.47 bits per heavy atom. The number of carbonyl (C=O) groups is 1. The van der Waals surface area contributed by atoms with E-state index in [0.29, 0.717) is 11.2 Å². The van der Waals surface area contributed by atoms with Gasteiger partial charge in [0.1, 0.15) is 11.9 Å². The van der Waals surface area contributed by atoms with Crippen LogP contribution >= 0.6 is 0 Å². The lowest BCUT2D eigenvalue weighted by molar-refractivity contribution is -0.0597. The molecule has 3 nitrogen and oxygen atoms in total. The minimum atomic E-state index is -0.565. The van der Waals surface area contributed by atoms with E-state index in [0.717, 1.165) is 60.3 Å². The van der Waals surface area contributed by atoms with Gasteiger partial charge in [-0.3, -0.25) is 0 Å². The maximum absolute atomic E-state index is 12.5. The van der Waals surface area contributed by atoms with Crippen LogP contribution in [0.1, 0.15) is 111 Å². The first-order valence-corrected chi connectivity index (χ1v) is 15.7. The van der Waals surface area contributed by atoms with E-state index in [9.17, 15) is 4.79 Å². The number of hydrogen-bond donors (Lipinski definition) is 0. The average molecular weight is 521 g/mol. The normalized spacial score (nSPS) is 37.0. The van der Waals surface area contributed by atoms with Gasteiger partial charge in [-0.1, -0.05) is 83.2 Å². The zero-order valence-electron chi connectivity index (χ0n) is 24.9. The summed E-state index contributed by atoms with van der Waals surface area (Å²) >= 11 is 0. The van der Waals surface area contributed by atoms with Crippen molar-refractivity contribution in [2.24, 2.45) is 46.3 Å². The molecule has 38 heavy (non-hydrogen) atoms. The van der Waals surface area contributed by atoms with Crippen LogP contribution in [0, 0.1) is 53.3 Å². The van der Waals surface area contributed by atoms with Crippen LogP contribution in [0.25, 0.3) is 0 Å². The Balaban J connectivity index is 1.21. The molecule has 0 spiro atoms. The molecule has 0 amide bonds. The molecule has 0 saturated heterocycles. The van der Waals surface area contributed by atoms with Gasteiger partial charge >= 0.3 is 6.16 Å². The molecule has 0 bridgehead atoms. The number of aryl methyl sites for hydroxylation is 1. The Morgan fingerprint density at radius 1 is 0.974 bits per heavy atom. The first-order chi connectivity index (χ1) is 18.1. The highest BCUT2D eigenvalue weighted by Gasteiger charge is 2.59. The van der Waals surface area contributed by atoms with Crippen molar-refractivity contribution in [2.75, 3.05) is 0 Å². The minimum Gasteiger partial charge on any atom is -0.430 e. The summed E-state index contributed by atoms with van der Waals surface area (Å²) in [5.41, 5.74) is 3.50. The van der Waals surface area contributed by atoms with E-state index in [1.54, 1.807) is 5.57 Å². The Morgan fingerprint density at radius 2 is 1.74 bits per heavy atom. The predicted octanol–water partition coefficient (Wildman–Crippen LogP) is 9.92. The van der Waals surface area contributed by atoms with Gasteiger partial charge in [0.15, 0.2) is 0 Å². The molecule has 0 radical (unpaired) electrons. The van der Waals surface area contributed by atoms with Gasteiger partial charge in [-0.15, -0.1) is 0 Å². The molecular formula is C35H52O3. The van der Waals surface area contributed by atoms with Crippen LogP contribution in [0.4, 0.5) is 4.79 Å². The van der Waals surface area contributed by atoms with E-state index in [4.69, 9.17) is 9.47 Å². The monoisotopic (exact) mass is 520 g/mol. The molecule has 1 aromatic carbocycles. The summed E-state index contributed by atoms with van der Waals surface area (Å²) in [6, 6.07) is 7.56. The van der Waals surface area contributed by atoms with Crippen molar-refractivity contribution in [1.29, 1.82) is 0 Å². The third kappa shape index (κ3) is 5.33. The van der Waals surface area contributed by atoms with E-state index in [1.165, 1.54) is 51.4 Å². The fourth-order valence-electron chi connectivity index (χ4n) is 9.62. The van der Waals surface area contributed by atoms with E-state index < -0.39 is 6.16 Å². The number of carbonyl (C=O) groups excluding carboxylic acids is 1. The maximum atomic E-state index is 12.5. The number of fused-ring (bicyclic) bond motifs is 5. The number of allylic oxidation sites excluding steroid dienone is 1. The first kappa shape index (κ1) is 27.8. The van der Waals surface area contributed by atoms with Crippen molar-refractivity contribution >= 4 is 6.16 Å². The average Bonchev–Trinajstić information content (AvgIpc) is 3.23. The molecule has 0 aromatic heterocycles. The van der Waals surface area contributed by atoms with Crippen molar-refractivity contribution in [3.05, 3.63) is 41.5 Å². The molecular weight excluding hydrogens is 468 g/mol. The summed E-state index contributed by atoms with van der Waals surface area (Å²) in [6.45, 7) is 14.5. The largest absolute Gasteiger partial charge is 0.514 e. The third-order valence-corrected chi connectivity index (χ3v) is 11.7. The summed E-state index contributed by atoms with van der Waals surface area (Å²) in [5, 5.41) is 0. The Labute approximate surface area is 232 Å². The van der Waals surface area contributed by atoms with Crippen LogP contribution in [0.5, 0.6) is 5.75 Å². The standard InChI is InChI=1S/C35H52O3/c1-23(2)8-7-9-25(4)30-16-17-31-29-15-12-26-22-28(38-33(36)37-27-13-10-24(3)11-14-27)18-20-34(26,5)32(29)19-21-35(30,31)6/h10-14,23,25,28-32H,7-9,15-22H2,1-6H3/t25-,28+,29-,30+,31-,32-,34+,35+/m1/s1. The highest BCUT2D eigenvalue weighted by atomic mass is 16.7. The summed E-state index contributed by atoms with van der Waals surface area (Å²) in [4.78, 5) is 12.5. The van der Waals surface area contributed by atoms with Crippen LogP contribution in [0.2, 0.25) is 0 Å². The molecule has 0 N–H and O–H groups in total. The van der Waals surface area contributed by atoms with Crippen molar-refractivity contribution < 1.29 is 14.3 Å². The highest BCUT2D eigenvalue weighted by Crippen LogP contribution is 2.67. The summed E-state index contributed by atoms with van der Waals surface area (Å²) in [7, 11) is 0. The first-order valence-electron chi connectivity index (χ1n) is 15.7. The Bertz CT molecular complexity index is 1010. The molecule has 3 heteroatoms. The smallest absolute Gasteiger partial charge is 0.430 e. The van der Waals surface area contributed by atoms with Gasteiger partial charge in [0.2, 0.25) is 0 Å². The Kier molecular flexibility index (Phi) is 8.05. The Hall–Kier alpha value is -1.77. The van der Waals surface area contributed by atoms with Gasteiger partial charge in [0, 0.05) is 6.42 Å². The van der Waals surface area contributed by atoms with Crippen LogP contribution in [0.3, 0.4) is 0 Å². The van der Waals surface area contributed by atoms with Crippen molar-refractivity contribution in [1.82, 2.24) is 0 Å². The topological polar surface area (TPSA) is 35.5 Å². The quantitative estimate of drug-likeness (QED) is 0.204. The maximum Gasteiger partial charge on any atom is 0.514 e. The van der Waals surface area contributed by atoms with E-state index in [2.05, 4.69) is 40.7 Å². The summed E-state index contributed by atoms with van der Waals surface area (Å²) in [6.07, 6.45) is 16.0. The van der Waals surface area contributed by atoms with Crippen molar-refractivity contribution in [3.8, 4) is 5.75 Å². The fraction of sp³-hybridized carbons (Fsp3) is 0.743. The van der Waals surface area contributed by atoms with Crippen LogP contribution < -0.4 is 4.74 Å². The second-order valence-electron chi connectivity index (χ2n) is 14.4. The molecule has 3 fully saturated rings. The lowest BCUT2D eigenvalue weighted by atomic mass is 9.47. The van der Waals surface area contributed by atoms with Gasteiger partial charge in [-0.2, -0.15) is 0 Å². The molecule has 1 aromatic rings. The second kappa shape index (κ2) is 11.0. The van der Waals surface area contributed by atoms with Crippen LogP contribution in [-0.4, -0.2) is 12.3 Å². The molecule has 210 valence electrons. The lowest BCUT2D eigenvalue weighted by Crippen LogP contribution is -2.51. The molecule has 0 heterocycles. The SMILES string of the molecule is Cc1ccc(OC(=O)O[C@H]2CC[C@@]3(C)C(=CC[C@@H]4[C@H]5CC[C@@H]([C@H](C)CCCC(C)C)[C@]5(C)CC[C@H]43)C2)cc1. The number of rotatable bonds is 7. The van der Waals surface area contributed by atoms with Gasteiger partial charge < -0.3 is 9.47 Å². The molecule has 8 atom stereocenters. The van der Waals surface area contributed by atoms with Crippen LogP contribution in [0.15, 0.2) is 35.9 Å². The van der Waals surface area contributed by atoms with Crippen LogP contribution in [-0.2, 0) is 4.74 Å². The lowest BCUT2D eigenvalue weighted by Gasteiger charge is -2.58. The van der Waals surface area contributed by atoms with Gasteiger partial charge in [0.25, 0.3) is 0 Å². The molecule has 5 rings (SSSR count). The highest BCUT2D eigenvalue weighted by molar-refractivity contribution is 5.64. The van der Waals surface area contributed by atoms with Crippen molar-refractivity contribution in [2.45, 2.75) is 118 Å². The zero-order valence-corrected chi connectivity index (χ0v) is 24.9. The summed E-state index contributed by atoms with van der Waals surface area (Å²) < 4.78 is 11.3. The number of ether oxygens (including phenoxy) is 2. The van der Waals surface area contributed by atoms with E-state index in [-0.39, 0.29) is 11.5 Å². The molecule has 4 aliphatic rings. The van der Waals surface area contributed by atoms with E-state index >= 15 is 0 Å². The number of hydrogen-bond acceptors (Lipinski definition) is 3. The third-order valence-electron chi connectivity index (χ3n) is 11.7. The molecule has 0 aliphatic heterocycles. The zero-order chi connectivity index (χ0) is 27.1. The summed E-state index contributed by atoms with van der Waals surface area (Å²) in [5.74, 6) is 5.64. The van der Waals surface area contributed by atoms with Crippen molar-refractivity contribution in [3.63, 3.8) is 0 Å². The second-order valence-corrected chi connectivity index (χ2v) is 14.4. The number of benzene rings is 1. The van der Waals surface area contributed by atoms with E-state index in [1.807, 2.05) is 31.2 Å². The molecule has 3 saturated carbocycles. The molecule has 4 aliphatic carbocycles. The fourth-order valence-corrected chi connectivity index (χ4v) is 9.62.